The van der Waals surface area contributed by atoms with Gasteiger partial charge in [-0.15, -0.1) is 0 Å². The molecular weight excluding hydrogens is 428 g/mol. The van der Waals surface area contributed by atoms with Gasteiger partial charge in [-0.2, -0.15) is 0 Å². The molecule has 4 nitrogen and oxygen atoms in total. The summed E-state index contributed by atoms with van der Waals surface area (Å²) in [5.74, 6) is -0.266. The molecule has 0 saturated carbocycles. The molecule has 2 aromatic rings. The number of halogens is 2. The summed E-state index contributed by atoms with van der Waals surface area (Å²) in [6.07, 6.45) is 0.215. The van der Waals surface area contributed by atoms with Crippen LogP contribution in [0.4, 0.5) is 0 Å². The highest BCUT2D eigenvalue weighted by molar-refractivity contribution is 9.10. The highest BCUT2D eigenvalue weighted by atomic mass is 79.9. The Balaban J connectivity index is 2.21. The van der Waals surface area contributed by atoms with Crippen molar-refractivity contribution in [1.82, 2.24) is 10.2 Å². The zero-order chi connectivity index (χ0) is 20.0. The van der Waals surface area contributed by atoms with E-state index < -0.39 is 6.04 Å². The Hall–Kier alpha value is -1.85. The van der Waals surface area contributed by atoms with E-state index in [4.69, 9.17) is 11.6 Å². The van der Waals surface area contributed by atoms with Crippen LogP contribution in [0.15, 0.2) is 53.0 Å². The summed E-state index contributed by atoms with van der Waals surface area (Å²) in [4.78, 5) is 27.1. The molecule has 2 rings (SSSR count). The van der Waals surface area contributed by atoms with Crippen LogP contribution in [0.25, 0.3) is 0 Å². The smallest absolute Gasteiger partial charge is 0.242 e. The first-order valence-corrected chi connectivity index (χ1v) is 10.0. The molecule has 0 aromatic heterocycles. The molecule has 0 aliphatic rings. The fraction of sp³-hybridized carbons (Fsp3) is 0.333. The topological polar surface area (TPSA) is 49.4 Å². The molecule has 1 atom stereocenters. The number of hydrogen-bond acceptors (Lipinski definition) is 2. The Morgan fingerprint density at radius 1 is 1.00 bits per heavy atom. The molecule has 0 unspecified atom stereocenters. The number of amides is 2. The van der Waals surface area contributed by atoms with Crippen LogP contribution in [0.2, 0.25) is 5.02 Å². The number of carbonyl (C=O) groups excluding carboxylic acids is 2. The van der Waals surface area contributed by atoms with Crippen molar-refractivity contribution in [1.29, 1.82) is 0 Å². The van der Waals surface area contributed by atoms with Gasteiger partial charge in [-0.25, -0.2) is 0 Å². The van der Waals surface area contributed by atoms with Crippen molar-refractivity contribution in [2.24, 2.45) is 0 Å². The lowest BCUT2D eigenvalue weighted by atomic mass is 10.1. The van der Waals surface area contributed by atoms with E-state index in [2.05, 4.69) is 21.2 Å². The SMILES string of the molecule is CC(C)NC(=O)[C@H](C)N(Cc1ccc(Br)cc1)C(=O)Cc1ccc(Cl)cc1. The molecule has 6 heteroatoms. The number of hydrogen-bond donors (Lipinski definition) is 1. The fourth-order valence-corrected chi connectivity index (χ4v) is 3.04. The minimum absolute atomic E-state index is 0.0147. The van der Waals surface area contributed by atoms with E-state index in [1.807, 2.05) is 50.2 Å². The van der Waals surface area contributed by atoms with E-state index >= 15 is 0 Å². The minimum atomic E-state index is -0.573. The van der Waals surface area contributed by atoms with Gasteiger partial charge in [-0.1, -0.05) is 51.8 Å². The van der Waals surface area contributed by atoms with Gasteiger partial charge in [0, 0.05) is 22.1 Å². The fourth-order valence-electron chi connectivity index (χ4n) is 2.65. The number of nitrogens with one attached hydrogen (secondary N) is 1. The monoisotopic (exact) mass is 450 g/mol. The quantitative estimate of drug-likeness (QED) is 0.669. The molecule has 0 radical (unpaired) electrons. The summed E-state index contributed by atoms with van der Waals surface area (Å²) in [6.45, 7) is 5.93. The Morgan fingerprint density at radius 2 is 1.56 bits per heavy atom. The van der Waals surface area contributed by atoms with Gasteiger partial charge < -0.3 is 10.2 Å². The van der Waals surface area contributed by atoms with Crippen LogP contribution < -0.4 is 5.32 Å². The van der Waals surface area contributed by atoms with Crippen LogP contribution in [0, 0.1) is 0 Å². The summed E-state index contributed by atoms with van der Waals surface area (Å²) >= 11 is 9.33. The maximum absolute atomic E-state index is 13.0. The van der Waals surface area contributed by atoms with Crippen LogP contribution in [0.3, 0.4) is 0 Å². The van der Waals surface area contributed by atoms with Crippen molar-refractivity contribution in [2.45, 2.75) is 45.8 Å². The van der Waals surface area contributed by atoms with Gasteiger partial charge in [-0.05, 0) is 56.2 Å². The molecule has 1 N–H and O–H groups in total. The van der Waals surface area contributed by atoms with Gasteiger partial charge in [0.2, 0.25) is 11.8 Å². The maximum Gasteiger partial charge on any atom is 0.242 e. The number of benzene rings is 2. The number of nitrogens with zero attached hydrogens (tertiary/aromatic N) is 1. The second-order valence-corrected chi connectivity index (χ2v) is 8.14. The summed E-state index contributed by atoms with van der Waals surface area (Å²) in [5.41, 5.74) is 1.83. The third-order valence-electron chi connectivity index (χ3n) is 4.13. The molecule has 0 fully saturated rings. The van der Waals surface area contributed by atoms with Gasteiger partial charge in [0.25, 0.3) is 0 Å². The van der Waals surface area contributed by atoms with Gasteiger partial charge in [0.1, 0.15) is 6.04 Å². The van der Waals surface area contributed by atoms with E-state index in [0.717, 1.165) is 15.6 Å². The zero-order valence-corrected chi connectivity index (χ0v) is 18.0. The van der Waals surface area contributed by atoms with Crippen molar-refractivity contribution in [3.8, 4) is 0 Å². The Morgan fingerprint density at radius 3 is 2.11 bits per heavy atom. The molecule has 0 bridgehead atoms. The lowest BCUT2D eigenvalue weighted by molar-refractivity contribution is -0.140. The van der Waals surface area contributed by atoms with Crippen LogP contribution >= 0.6 is 27.5 Å². The third-order valence-corrected chi connectivity index (χ3v) is 4.91. The second-order valence-electron chi connectivity index (χ2n) is 6.79. The average Bonchev–Trinajstić information content (AvgIpc) is 2.62. The van der Waals surface area contributed by atoms with Crippen LogP contribution in [0.5, 0.6) is 0 Å². The highest BCUT2D eigenvalue weighted by Crippen LogP contribution is 2.16. The molecule has 0 saturated heterocycles. The number of carbonyl (C=O) groups is 2. The largest absolute Gasteiger partial charge is 0.352 e. The second kappa shape index (κ2) is 9.90. The predicted molar refractivity (Wildman–Crippen MR) is 113 cm³/mol. The van der Waals surface area contributed by atoms with Crippen molar-refractivity contribution in [3.63, 3.8) is 0 Å². The molecule has 0 spiro atoms. The van der Waals surface area contributed by atoms with Crippen molar-refractivity contribution >= 4 is 39.3 Å². The minimum Gasteiger partial charge on any atom is -0.352 e. The van der Waals surface area contributed by atoms with E-state index in [1.165, 1.54) is 0 Å². The van der Waals surface area contributed by atoms with Crippen LogP contribution in [-0.2, 0) is 22.6 Å². The van der Waals surface area contributed by atoms with Crippen molar-refractivity contribution in [3.05, 3.63) is 69.2 Å². The van der Waals surface area contributed by atoms with Crippen molar-refractivity contribution in [2.75, 3.05) is 0 Å². The highest BCUT2D eigenvalue weighted by Gasteiger charge is 2.26. The molecule has 27 heavy (non-hydrogen) atoms. The Labute approximate surface area is 174 Å². The third kappa shape index (κ3) is 6.67. The number of rotatable bonds is 7. The maximum atomic E-state index is 13.0. The van der Waals surface area contributed by atoms with Crippen LogP contribution in [-0.4, -0.2) is 28.8 Å². The van der Waals surface area contributed by atoms with E-state index in [-0.39, 0.29) is 24.3 Å². The first kappa shape index (κ1) is 21.5. The van der Waals surface area contributed by atoms with Crippen LogP contribution in [0.1, 0.15) is 31.9 Å². The lowest BCUT2D eigenvalue weighted by Crippen LogP contribution is -2.49. The van der Waals surface area contributed by atoms with Gasteiger partial charge in [0.05, 0.1) is 6.42 Å². The summed E-state index contributed by atoms with van der Waals surface area (Å²) < 4.78 is 0.968. The Bertz CT molecular complexity index is 776. The molecule has 2 aromatic carbocycles. The zero-order valence-electron chi connectivity index (χ0n) is 15.7. The normalized spacial score (nSPS) is 11.9. The first-order valence-electron chi connectivity index (χ1n) is 8.85. The molecule has 2 amide bonds. The molecule has 0 aliphatic carbocycles. The van der Waals surface area contributed by atoms with E-state index in [0.29, 0.717) is 11.6 Å². The summed E-state index contributed by atoms with van der Waals surface area (Å²) in [7, 11) is 0. The summed E-state index contributed by atoms with van der Waals surface area (Å²) in [6, 6.07) is 14.4. The molecule has 0 aliphatic heterocycles. The lowest BCUT2D eigenvalue weighted by Gasteiger charge is -2.29. The molecule has 0 heterocycles. The summed E-state index contributed by atoms with van der Waals surface area (Å²) in [5, 5.41) is 3.51. The van der Waals surface area contributed by atoms with Gasteiger partial charge in [-0.3, -0.25) is 9.59 Å². The van der Waals surface area contributed by atoms with Crippen molar-refractivity contribution < 1.29 is 9.59 Å². The van der Waals surface area contributed by atoms with E-state index in [9.17, 15) is 9.59 Å². The molecular formula is C21H24BrClN2O2. The Kier molecular flexibility index (Phi) is 7.87. The first-order chi connectivity index (χ1) is 12.8. The van der Waals surface area contributed by atoms with Gasteiger partial charge >= 0.3 is 0 Å². The average molecular weight is 452 g/mol. The molecule has 144 valence electrons. The standard InChI is InChI=1S/C21H24BrClN2O2/c1-14(2)24-21(27)15(3)25(13-17-4-8-18(22)9-5-17)20(26)12-16-6-10-19(23)11-7-16/h4-11,14-15H,12-13H2,1-3H3,(H,24,27)/t15-/m0/s1. The predicted octanol–water partition coefficient (Wildman–Crippen LogP) is 4.59. The van der Waals surface area contributed by atoms with E-state index in [1.54, 1.807) is 24.0 Å². The van der Waals surface area contributed by atoms with Gasteiger partial charge in [0.15, 0.2) is 0 Å².